The van der Waals surface area contributed by atoms with Gasteiger partial charge >= 0.3 is 0 Å². The number of halogens is 2. The molecule has 1 aromatic carbocycles. The minimum atomic E-state index is 0. The van der Waals surface area contributed by atoms with Crippen LogP contribution in [0, 0.1) is 0 Å². The summed E-state index contributed by atoms with van der Waals surface area (Å²) in [4.78, 5) is 14.9. The van der Waals surface area contributed by atoms with Crippen LogP contribution in [0.4, 0.5) is 0 Å². The zero-order chi connectivity index (χ0) is 16.9. The molecule has 2 heterocycles. The second-order valence-corrected chi connectivity index (χ2v) is 6.54. The van der Waals surface area contributed by atoms with E-state index in [1.165, 1.54) is 0 Å². The van der Waals surface area contributed by atoms with Crippen molar-refractivity contribution in [2.75, 3.05) is 19.6 Å². The molecular weight excluding hydrogens is 359 g/mol. The molecule has 1 fully saturated rings. The molecule has 0 spiro atoms. The highest BCUT2D eigenvalue weighted by Gasteiger charge is 2.26. The number of carbonyl (C=O) groups excluding carboxylic acids is 1. The van der Waals surface area contributed by atoms with Crippen molar-refractivity contribution in [1.29, 1.82) is 0 Å². The monoisotopic (exact) mass is 382 g/mol. The Bertz CT molecular complexity index is 698. The van der Waals surface area contributed by atoms with E-state index in [4.69, 9.17) is 11.6 Å². The Morgan fingerprint density at radius 1 is 1.36 bits per heavy atom. The molecule has 5 nitrogen and oxygen atoms in total. The first-order chi connectivity index (χ1) is 11.7. The summed E-state index contributed by atoms with van der Waals surface area (Å²) in [5, 5.41) is 8.47. The van der Waals surface area contributed by atoms with E-state index >= 15 is 0 Å². The fourth-order valence-corrected chi connectivity index (χ4v) is 3.34. The Morgan fingerprint density at radius 2 is 2.12 bits per heavy atom. The molecule has 25 heavy (non-hydrogen) atoms. The van der Waals surface area contributed by atoms with E-state index in [-0.39, 0.29) is 18.3 Å². The van der Waals surface area contributed by atoms with Crippen LogP contribution in [0.2, 0.25) is 5.02 Å². The van der Waals surface area contributed by atoms with Gasteiger partial charge in [0.15, 0.2) is 5.69 Å². The molecule has 3 rings (SSSR count). The maximum absolute atomic E-state index is 12.9. The van der Waals surface area contributed by atoms with Crippen molar-refractivity contribution in [1.82, 2.24) is 20.0 Å². The lowest BCUT2D eigenvalue weighted by Crippen LogP contribution is -2.46. The second kappa shape index (κ2) is 9.22. The summed E-state index contributed by atoms with van der Waals surface area (Å²) in [7, 11) is 0. The van der Waals surface area contributed by atoms with Crippen LogP contribution in [0.3, 0.4) is 0 Å². The summed E-state index contributed by atoms with van der Waals surface area (Å²) >= 11 is 6.04. The predicted molar refractivity (Wildman–Crippen MR) is 103 cm³/mol. The average Bonchev–Trinajstić information content (AvgIpc) is 3.10. The number of benzene rings is 1. The predicted octanol–water partition coefficient (Wildman–Crippen LogP) is 3.55. The van der Waals surface area contributed by atoms with Gasteiger partial charge in [0.05, 0.1) is 5.69 Å². The summed E-state index contributed by atoms with van der Waals surface area (Å²) in [6.45, 7) is 4.81. The number of rotatable bonds is 5. The molecule has 7 heteroatoms. The lowest BCUT2D eigenvalue weighted by Gasteiger charge is -2.34. The van der Waals surface area contributed by atoms with Crippen molar-refractivity contribution in [3.05, 3.63) is 47.2 Å². The molecule has 1 saturated heterocycles. The van der Waals surface area contributed by atoms with Gasteiger partial charge in [-0.25, -0.2) is 4.68 Å². The summed E-state index contributed by atoms with van der Waals surface area (Å²) in [5.41, 5.74) is 1.34. The Kier molecular flexibility index (Phi) is 7.29. The first-order valence-corrected chi connectivity index (χ1v) is 8.90. The smallest absolute Gasteiger partial charge is 0.274 e. The number of nitrogens with zero attached hydrogens (tertiary/aromatic N) is 3. The highest BCUT2D eigenvalue weighted by atomic mass is 35.5. The molecule has 0 unspecified atom stereocenters. The summed E-state index contributed by atoms with van der Waals surface area (Å²) in [6.07, 6.45) is 4.76. The standard InChI is InChI=1S/C18H23ClN4O.ClH/c1-2-11-22(15-6-9-20-10-7-15)18(24)17-8-12-23(21-17)16-5-3-4-14(19)13-16;/h3-5,8,12-13,15,20H,2,6-7,9-11H2,1H3;1H. The molecule has 1 amide bonds. The molecule has 0 saturated carbocycles. The number of carbonyl (C=O) groups is 1. The molecule has 1 N–H and O–H groups in total. The fraction of sp³-hybridized carbons (Fsp3) is 0.444. The topological polar surface area (TPSA) is 50.2 Å². The summed E-state index contributed by atoms with van der Waals surface area (Å²) < 4.78 is 1.70. The van der Waals surface area contributed by atoms with Crippen LogP contribution in [0.15, 0.2) is 36.5 Å². The molecule has 0 bridgehead atoms. The molecule has 0 aliphatic carbocycles. The number of nitrogens with one attached hydrogen (secondary N) is 1. The first kappa shape index (κ1) is 19.8. The van der Waals surface area contributed by atoms with E-state index in [0.29, 0.717) is 16.8 Å². The van der Waals surface area contributed by atoms with E-state index in [0.717, 1.165) is 44.6 Å². The van der Waals surface area contributed by atoms with Crippen molar-refractivity contribution in [2.24, 2.45) is 0 Å². The Morgan fingerprint density at radius 3 is 2.80 bits per heavy atom. The maximum atomic E-state index is 12.9. The highest BCUT2D eigenvalue weighted by molar-refractivity contribution is 6.30. The zero-order valence-corrected chi connectivity index (χ0v) is 15.9. The average molecular weight is 383 g/mol. The summed E-state index contributed by atoms with van der Waals surface area (Å²) in [5.74, 6) is 0.0181. The minimum absolute atomic E-state index is 0. The van der Waals surface area contributed by atoms with Crippen molar-refractivity contribution >= 4 is 29.9 Å². The van der Waals surface area contributed by atoms with Gasteiger partial charge in [0, 0.05) is 23.8 Å². The van der Waals surface area contributed by atoms with Gasteiger partial charge in [0.2, 0.25) is 0 Å². The van der Waals surface area contributed by atoms with Crippen molar-refractivity contribution < 1.29 is 4.79 Å². The summed E-state index contributed by atoms with van der Waals surface area (Å²) in [6, 6.07) is 9.53. The normalized spacial score (nSPS) is 14.8. The number of hydrogen-bond acceptors (Lipinski definition) is 3. The van der Waals surface area contributed by atoms with Crippen LogP contribution in [0.1, 0.15) is 36.7 Å². The van der Waals surface area contributed by atoms with E-state index < -0.39 is 0 Å². The molecule has 136 valence electrons. The second-order valence-electron chi connectivity index (χ2n) is 6.11. The van der Waals surface area contributed by atoms with Crippen molar-refractivity contribution in [3.8, 4) is 5.69 Å². The Balaban J connectivity index is 0.00000225. The molecule has 1 aliphatic heterocycles. The van der Waals surface area contributed by atoms with Gasteiger partial charge in [-0.15, -0.1) is 12.4 Å². The third kappa shape index (κ3) is 4.75. The van der Waals surface area contributed by atoms with E-state index in [1.54, 1.807) is 10.7 Å². The molecular formula is C18H24Cl2N4O. The van der Waals surface area contributed by atoms with Crippen molar-refractivity contribution in [3.63, 3.8) is 0 Å². The lowest BCUT2D eigenvalue weighted by atomic mass is 10.0. The van der Waals surface area contributed by atoms with Crippen LogP contribution in [0.25, 0.3) is 5.69 Å². The van der Waals surface area contributed by atoms with Gasteiger partial charge in [-0.05, 0) is 56.6 Å². The molecule has 1 aromatic heterocycles. The van der Waals surface area contributed by atoms with Crippen LogP contribution in [0.5, 0.6) is 0 Å². The zero-order valence-electron chi connectivity index (χ0n) is 14.3. The van der Waals surface area contributed by atoms with Gasteiger partial charge in [0.25, 0.3) is 5.91 Å². The van der Waals surface area contributed by atoms with Crippen molar-refractivity contribution in [2.45, 2.75) is 32.2 Å². The lowest BCUT2D eigenvalue weighted by molar-refractivity contribution is 0.0636. The Hall–Kier alpha value is -1.56. The van der Waals surface area contributed by atoms with Gasteiger partial charge in [0.1, 0.15) is 0 Å². The molecule has 0 radical (unpaired) electrons. The first-order valence-electron chi connectivity index (χ1n) is 8.52. The number of piperidine rings is 1. The largest absolute Gasteiger partial charge is 0.334 e. The van der Waals surface area contributed by atoms with Crippen LogP contribution >= 0.6 is 24.0 Å². The molecule has 1 aliphatic rings. The van der Waals surface area contributed by atoms with Gasteiger partial charge in [-0.2, -0.15) is 5.10 Å². The highest BCUT2D eigenvalue weighted by Crippen LogP contribution is 2.18. The van der Waals surface area contributed by atoms with Gasteiger partial charge in [-0.1, -0.05) is 24.6 Å². The molecule has 2 aromatic rings. The maximum Gasteiger partial charge on any atom is 0.274 e. The van der Waals surface area contributed by atoms with E-state index in [2.05, 4.69) is 17.3 Å². The fourth-order valence-electron chi connectivity index (χ4n) is 3.16. The quantitative estimate of drug-likeness (QED) is 0.859. The van der Waals surface area contributed by atoms with Gasteiger partial charge < -0.3 is 10.2 Å². The van der Waals surface area contributed by atoms with Crippen LogP contribution in [-0.2, 0) is 0 Å². The third-order valence-corrected chi connectivity index (χ3v) is 4.59. The number of hydrogen-bond donors (Lipinski definition) is 1. The SMILES string of the molecule is CCCN(C(=O)c1ccn(-c2cccc(Cl)c2)n1)C1CCNCC1.Cl. The number of amides is 1. The minimum Gasteiger partial charge on any atom is -0.334 e. The van der Waals surface area contributed by atoms with Crippen LogP contribution < -0.4 is 5.32 Å². The van der Waals surface area contributed by atoms with Gasteiger partial charge in [-0.3, -0.25) is 4.79 Å². The van der Waals surface area contributed by atoms with Crippen LogP contribution in [-0.4, -0.2) is 46.3 Å². The number of aromatic nitrogens is 2. The molecule has 0 atom stereocenters. The van der Waals surface area contributed by atoms with E-state index in [1.807, 2.05) is 35.4 Å². The van der Waals surface area contributed by atoms with E-state index in [9.17, 15) is 4.79 Å². The Labute approximate surface area is 159 Å². The third-order valence-electron chi connectivity index (χ3n) is 4.36.